The molecule has 3 nitrogen and oxygen atoms in total. The van der Waals surface area contributed by atoms with Crippen molar-refractivity contribution in [1.29, 1.82) is 0 Å². The summed E-state index contributed by atoms with van der Waals surface area (Å²) in [5, 5.41) is 23.4. The number of phenols is 2. The molecule has 1 aromatic carbocycles. The zero-order valence-electron chi connectivity index (χ0n) is 12.9. The number of aryl methyl sites for hydroxylation is 1. The summed E-state index contributed by atoms with van der Waals surface area (Å²) in [6, 6.07) is 6.28. The van der Waals surface area contributed by atoms with Crippen LogP contribution in [0.4, 0.5) is 0 Å². The quantitative estimate of drug-likeness (QED) is 0.701. The summed E-state index contributed by atoms with van der Waals surface area (Å²) in [5.41, 5.74) is 3.75. The minimum Gasteiger partial charge on any atom is -0.504 e. The molecule has 0 unspecified atom stereocenters. The Morgan fingerprint density at radius 3 is 2.68 bits per heavy atom. The molecule has 4 rings (SSSR count). The summed E-state index contributed by atoms with van der Waals surface area (Å²) in [4.78, 5) is 2.88. The molecule has 4 heteroatoms. The van der Waals surface area contributed by atoms with Crippen LogP contribution >= 0.6 is 11.3 Å². The Hall–Kier alpha value is -1.52. The molecular formula is C18H21NO2S. The molecule has 22 heavy (non-hydrogen) atoms. The number of thiophene rings is 1. The molecule has 0 amide bonds. The van der Waals surface area contributed by atoms with E-state index < -0.39 is 0 Å². The standard InChI is InChI=1S/C18H21NO2S/c1-9(2)16-6-11-8-19-13-4-3-10-5-14(20)15(21)7-12(10)17(13)18(11)22-16/h5-7,9,13,17,19-21H,3-4,8H2,1-2H3/t13-,17-/m0/s1. The lowest BCUT2D eigenvalue weighted by molar-refractivity contribution is 0.383. The van der Waals surface area contributed by atoms with Crippen LogP contribution in [-0.4, -0.2) is 16.3 Å². The molecule has 1 aliphatic carbocycles. The second-order valence-corrected chi connectivity index (χ2v) is 7.85. The lowest BCUT2D eigenvalue weighted by Gasteiger charge is -2.38. The van der Waals surface area contributed by atoms with Crippen molar-refractivity contribution < 1.29 is 10.2 Å². The first-order valence-electron chi connectivity index (χ1n) is 7.95. The predicted octanol–water partition coefficient (Wildman–Crippen LogP) is 3.83. The van der Waals surface area contributed by atoms with Gasteiger partial charge in [-0.05, 0) is 53.6 Å². The largest absolute Gasteiger partial charge is 0.504 e. The van der Waals surface area contributed by atoms with Crippen LogP contribution in [0.1, 0.15) is 58.5 Å². The van der Waals surface area contributed by atoms with Crippen molar-refractivity contribution in [3.8, 4) is 11.5 Å². The molecule has 0 bridgehead atoms. The van der Waals surface area contributed by atoms with Crippen LogP contribution in [0.25, 0.3) is 0 Å². The Balaban J connectivity index is 1.87. The number of fused-ring (bicyclic) bond motifs is 5. The van der Waals surface area contributed by atoms with Gasteiger partial charge in [-0.25, -0.2) is 0 Å². The zero-order valence-corrected chi connectivity index (χ0v) is 13.7. The van der Waals surface area contributed by atoms with E-state index in [2.05, 4.69) is 25.2 Å². The zero-order chi connectivity index (χ0) is 15.4. The molecule has 1 aliphatic heterocycles. The number of benzene rings is 1. The van der Waals surface area contributed by atoms with Crippen LogP contribution in [-0.2, 0) is 13.0 Å². The van der Waals surface area contributed by atoms with Crippen LogP contribution < -0.4 is 5.32 Å². The van der Waals surface area contributed by atoms with Crippen molar-refractivity contribution in [1.82, 2.24) is 5.32 Å². The first-order chi connectivity index (χ1) is 10.5. The highest BCUT2D eigenvalue weighted by Crippen LogP contribution is 2.47. The van der Waals surface area contributed by atoms with Gasteiger partial charge in [0, 0.05) is 28.3 Å². The van der Waals surface area contributed by atoms with E-state index in [1.54, 1.807) is 12.1 Å². The average Bonchev–Trinajstić information content (AvgIpc) is 2.92. The molecule has 0 radical (unpaired) electrons. The molecule has 2 heterocycles. The molecule has 2 atom stereocenters. The Morgan fingerprint density at radius 1 is 1.14 bits per heavy atom. The van der Waals surface area contributed by atoms with E-state index >= 15 is 0 Å². The summed E-state index contributed by atoms with van der Waals surface area (Å²) in [7, 11) is 0. The third-order valence-electron chi connectivity index (χ3n) is 4.97. The molecule has 0 fully saturated rings. The third kappa shape index (κ3) is 2.05. The van der Waals surface area contributed by atoms with Crippen molar-refractivity contribution in [3.05, 3.63) is 44.6 Å². The maximum Gasteiger partial charge on any atom is 0.157 e. The number of phenolic OH excluding ortho intramolecular Hbond substituents is 2. The number of aromatic hydroxyl groups is 2. The topological polar surface area (TPSA) is 52.5 Å². The maximum atomic E-state index is 9.94. The Morgan fingerprint density at radius 2 is 1.91 bits per heavy atom. The summed E-state index contributed by atoms with van der Waals surface area (Å²) in [5.74, 6) is 0.837. The number of rotatable bonds is 1. The van der Waals surface area contributed by atoms with Gasteiger partial charge in [-0.2, -0.15) is 0 Å². The minimum absolute atomic E-state index is 0.00441. The van der Waals surface area contributed by atoms with Gasteiger partial charge >= 0.3 is 0 Å². The van der Waals surface area contributed by atoms with Crippen molar-refractivity contribution in [2.45, 2.75) is 51.1 Å². The fourth-order valence-electron chi connectivity index (χ4n) is 3.77. The highest BCUT2D eigenvalue weighted by molar-refractivity contribution is 7.12. The summed E-state index contributed by atoms with van der Waals surface area (Å²) in [6.45, 7) is 5.42. The predicted molar refractivity (Wildman–Crippen MR) is 89.0 cm³/mol. The number of hydrogen-bond acceptors (Lipinski definition) is 4. The molecule has 0 saturated heterocycles. The maximum absolute atomic E-state index is 9.94. The Labute approximate surface area is 134 Å². The molecule has 2 aliphatic rings. The average molecular weight is 315 g/mol. The Bertz CT molecular complexity index is 735. The van der Waals surface area contributed by atoms with Crippen LogP contribution in [0.3, 0.4) is 0 Å². The number of hydrogen-bond donors (Lipinski definition) is 3. The lowest BCUT2D eigenvalue weighted by Crippen LogP contribution is -2.41. The molecule has 1 aromatic heterocycles. The fourth-order valence-corrected chi connectivity index (χ4v) is 5.14. The van der Waals surface area contributed by atoms with Gasteiger partial charge in [0.15, 0.2) is 11.5 Å². The third-order valence-corrected chi connectivity index (χ3v) is 6.53. The first kappa shape index (κ1) is 14.1. The normalized spacial score (nSPS) is 23.0. The van der Waals surface area contributed by atoms with Crippen molar-refractivity contribution in [2.24, 2.45) is 0 Å². The molecule has 2 aromatic rings. The SMILES string of the molecule is CC(C)c1cc2c(s1)[C@H]1c3cc(O)c(O)cc3CC[C@@H]1NC2. The van der Waals surface area contributed by atoms with Gasteiger partial charge in [0.2, 0.25) is 0 Å². The van der Waals surface area contributed by atoms with E-state index in [1.165, 1.54) is 26.4 Å². The van der Waals surface area contributed by atoms with Gasteiger partial charge < -0.3 is 15.5 Å². The first-order valence-corrected chi connectivity index (χ1v) is 8.77. The highest BCUT2D eigenvalue weighted by atomic mass is 32.1. The Kier molecular flexibility index (Phi) is 3.20. The number of nitrogens with one attached hydrogen (secondary N) is 1. The van der Waals surface area contributed by atoms with E-state index in [4.69, 9.17) is 0 Å². The second kappa shape index (κ2) is 5.00. The van der Waals surface area contributed by atoms with Gasteiger partial charge in [0.05, 0.1) is 0 Å². The van der Waals surface area contributed by atoms with E-state index in [1.807, 2.05) is 11.3 Å². The molecule has 0 spiro atoms. The van der Waals surface area contributed by atoms with E-state index in [9.17, 15) is 10.2 Å². The van der Waals surface area contributed by atoms with E-state index in [0.717, 1.165) is 19.4 Å². The van der Waals surface area contributed by atoms with Crippen molar-refractivity contribution in [3.63, 3.8) is 0 Å². The summed E-state index contributed by atoms with van der Waals surface area (Å²) < 4.78 is 0. The highest BCUT2D eigenvalue weighted by Gasteiger charge is 2.37. The van der Waals surface area contributed by atoms with Crippen LogP contribution in [0.15, 0.2) is 18.2 Å². The monoisotopic (exact) mass is 315 g/mol. The van der Waals surface area contributed by atoms with Crippen molar-refractivity contribution in [2.75, 3.05) is 0 Å². The molecule has 3 N–H and O–H groups in total. The van der Waals surface area contributed by atoms with E-state index in [-0.39, 0.29) is 11.5 Å². The van der Waals surface area contributed by atoms with Crippen LogP contribution in [0.2, 0.25) is 0 Å². The van der Waals surface area contributed by atoms with Gasteiger partial charge in [0.1, 0.15) is 0 Å². The lowest BCUT2D eigenvalue weighted by atomic mass is 9.75. The molecule has 0 saturated carbocycles. The van der Waals surface area contributed by atoms with Crippen molar-refractivity contribution >= 4 is 11.3 Å². The summed E-state index contributed by atoms with van der Waals surface area (Å²) in [6.07, 6.45) is 2.03. The molecule has 116 valence electrons. The van der Waals surface area contributed by atoms with E-state index in [0.29, 0.717) is 17.9 Å². The second-order valence-electron chi connectivity index (χ2n) is 6.74. The van der Waals surface area contributed by atoms with Gasteiger partial charge in [-0.3, -0.25) is 0 Å². The summed E-state index contributed by atoms with van der Waals surface area (Å²) >= 11 is 1.92. The fraction of sp³-hybridized carbons (Fsp3) is 0.444. The van der Waals surface area contributed by atoms with Crippen LogP contribution in [0, 0.1) is 0 Å². The van der Waals surface area contributed by atoms with Gasteiger partial charge in [0.25, 0.3) is 0 Å². The van der Waals surface area contributed by atoms with Gasteiger partial charge in [-0.15, -0.1) is 11.3 Å². The minimum atomic E-state index is -0.00726. The van der Waals surface area contributed by atoms with Gasteiger partial charge in [-0.1, -0.05) is 13.8 Å². The smallest absolute Gasteiger partial charge is 0.157 e. The molecular weight excluding hydrogens is 294 g/mol. The van der Waals surface area contributed by atoms with Crippen LogP contribution in [0.5, 0.6) is 11.5 Å².